The van der Waals surface area contributed by atoms with Crippen LogP contribution in [0.25, 0.3) is 0 Å². The van der Waals surface area contributed by atoms with E-state index in [2.05, 4.69) is 47.2 Å². The van der Waals surface area contributed by atoms with Gasteiger partial charge in [0.15, 0.2) is 6.61 Å². The first kappa shape index (κ1) is 16.6. The van der Waals surface area contributed by atoms with Crippen molar-refractivity contribution in [1.29, 1.82) is 0 Å². The summed E-state index contributed by atoms with van der Waals surface area (Å²) in [5.74, 6) is 0.890. The fourth-order valence-electron chi connectivity index (χ4n) is 1.60. The van der Waals surface area contributed by atoms with E-state index in [0.29, 0.717) is 11.7 Å². The van der Waals surface area contributed by atoms with E-state index in [0.717, 1.165) is 22.2 Å². The molecule has 0 bridgehead atoms. The van der Waals surface area contributed by atoms with Gasteiger partial charge in [0.1, 0.15) is 5.75 Å². The Labute approximate surface area is 128 Å². The maximum atomic E-state index is 11.6. The van der Waals surface area contributed by atoms with Crippen molar-refractivity contribution in [2.75, 3.05) is 6.61 Å². The second kappa shape index (κ2) is 7.94. The first-order valence-corrected chi connectivity index (χ1v) is 7.29. The number of halogens is 1. The molecule has 0 fully saturated rings. The number of amides is 1. The second-order valence-corrected chi connectivity index (χ2v) is 5.95. The van der Waals surface area contributed by atoms with E-state index in [4.69, 9.17) is 4.74 Å². The van der Waals surface area contributed by atoms with Gasteiger partial charge >= 0.3 is 0 Å². The predicted molar refractivity (Wildman–Crippen MR) is 84.2 cm³/mol. The van der Waals surface area contributed by atoms with Gasteiger partial charge < -0.3 is 10.2 Å². The van der Waals surface area contributed by atoms with E-state index in [9.17, 15) is 4.79 Å². The van der Waals surface area contributed by atoms with E-state index in [1.807, 2.05) is 25.1 Å². The molecule has 0 radical (unpaired) electrons. The number of carbonyl (C=O) groups excluding carboxylic acids is 1. The maximum Gasteiger partial charge on any atom is 0.276 e. The Bertz CT molecular complexity index is 487. The predicted octanol–water partition coefficient (Wildman–Crippen LogP) is 3.32. The molecule has 4 nitrogen and oxygen atoms in total. The lowest BCUT2D eigenvalue weighted by Gasteiger charge is -2.13. The summed E-state index contributed by atoms with van der Waals surface area (Å²) in [4.78, 5) is 11.6. The van der Waals surface area contributed by atoms with Gasteiger partial charge in [-0.25, -0.2) is 0 Å². The Balaban J connectivity index is 2.34. The average Bonchev–Trinajstić information content (AvgIpc) is 2.34. The van der Waals surface area contributed by atoms with Gasteiger partial charge in [-0.05, 0) is 52.9 Å². The van der Waals surface area contributed by atoms with E-state index in [1.165, 1.54) is 0 Å². The average molecular weight is 341 g/mol. The van der Waals surface area contributed by atoms with Gasteiger partial charge in [0.2, 0.25) is 0 Å². The lowest BCUT2D eigenvalue weighted by atomic mass is 10.1. The Hall–Kier alpha value is -1.49. The normalized spacial score (nSPS) is 10.2. The lowest BCUT2D eigenvalue weighted by Crippen LogP contribution is -2.39. The summed E-state index contributed by atoms with van der Waals surface area (Å²) in [6.45, 7) is 9.95. The van der Waals surface area contributed by atoms with Gasteiger partial charge in [-0.2, -0.15) is 0 Å². The Morgan fingerprint density at radius 2 is 2.10 bits per heavy atom. The highest BCUT2D eigenvalue weighted by molar-refractivity contribution is 9.10. The molecule has 1 rings (SSSR count). The molecule has 0 aromatic heterocycles. The highest BCUT2D eigenvalue weighted by Crippen LogP contribution is 2.25. The summed E-state index contributed by atoms with van der Waals surface area (Å²) in [5.41, 5.74) is 7.26. The van der Waals surface area contributed by atoms with Crippen LogP contribution in [0.15, 0.2) is 34.9 Å². The van der Waals surface area contributed by atoms with Crippen molar-refractivity contribution in [3.63, 3.8) is 0 Å². The van der Waals surface area contributed by atoms with Crippen LogP contribution in [0.4, 0.5) is 0 Å². The van der Waals surface area contributed by atoms with Crippen molar-refractivity contribution >= 4 is 21.8 Å². The van der Waals surface area contributed by atoms with Gasteiger partial charge in [-0.1, -0.05) is 26.5 Å². The van der Waals surface area contributed by atoms with Crippen LogP contribution < -0.4 is 15.6 Å². The molecule has 0 aliphatic heterocycles. The van der Waals surface area contributed by atoms with Gasteiger partial charge in [0.05, 0.1) is 4.47 Å². The van der Waals surface area contributed by atoms with Crippen molar-refractivity contribution in [2.45, 2.75) is 27.2 Å². The number of hydrogen-bond donors (Lipinski definition) is 2. The SMILES string of the molecule is C=C(CC(C)C)NNC(=O)COc1ccc(C)cc1Br. The fraction of sp³-hybridized carbons (Fsp3) is 0.400. The molecule has 1 amide bonds. The zero-order chi connectivity index (χ0) is 15.1. The van der Waals surface area contributed by atoms with Crippen LogP contribution in [0.3, 0.4) is 0 Å². The van der Waals surface area contributed by atoms with Crippen LogP contribution in [0, 0.1) is 12.8 Å². The van der Waals surface area contributed by atoms with Crippen LogP contribution in [0.5, 0.6) is 5.75 Å². The molecule has 0 atom stereocenters. The molecule has 0 saturated carbocycles. The molecule has 1 aromatic carbocycles. The largest absolute Gasteiger partial charge is 0.483 e. The van der Waals surface area contributed by atoms with Crippen LogP contribution in [0.1, 0.15) is 25.8 Å². The third-order valence-corrected chi connectivity index (χ3v) is 3.10. The topological polar surface area (TPSA) is 50.4 Å². The number of benzene rings is 1. The number of ether oxygens (including phenoxy) is 1. The summed E-state index contributed by atoms with van der Waals surface area (Å²) in [6.07, 6.45) is 0.810. The zero-order valence-corrected chi connectivity index (χ0v) is 13.7. The standard InChI is InChI=1S/C15H21BrN2O2/c1-10(2)7-12(4)17-18-15(19)9-20-14-6-5-11(3)8-13(14)16/h5-6,8,10,17H,4,7,9H2,1-3H3,(H,18,19). The Kier molecular flexibility index (Phi) is 6.58. The summed E-state index contributed by atoms with van der Waals surface area (Å²) in [5, 5.41) is 0. The monoisotopic (exact) mass is 340 g/mol. The van der Waals surface area contributed by atoms with Crippen molar-refractivity contribution in [3.8, 4) is 5.75 Å². The molecule has 0 unspecified atom stereocenters. The Morgan fingerprint density at radius 1 is 1.40 bits per heavy atom. The zero-order valence-electron chi connectivity index (χ0n) is 12.1. The van der Waals surface area contributed by atoms with Gasteiger partial charge in [-0.15, -0.1) is 0 Å². The number of rotatable bonds is 7. The van der Waals surface area contributed by atoms with Crippen LogP contribution in [-0.4, -0.2) is 12.5 Å². The van der Waals surface area contributed by atoms with E-state index in [-0.39, 0.29) is 12.5 Å². The number of nitrogens with one attached hydrogen (secondary N) is 2. The molecule has 0 spiro atoms. The van der Waals surface area contributed by atoms with E-state index >= 15 is 0 Å². The van der Waals surface area contributed by atoms with Crippen LogP contribution in [0.2, 0.25) is 0 Å². The number of hydrogen-bond acceptors (Lipinski definition) is 3. The van der Waals surface area contributed by atoms with Crippen molar-refractivity contribution in [2.24, 2.45) is 5.92 Å². The summed E-state index contributed by atoms with van der Waals surface area (Å²) in [7, 11) is 0. The number of allylic oxidation sites excluding steroid dienone is 1. The molecule has 0 aliphatic carbocycles. The first-order chi connectivity index (χ1) is 9.38. The fourth-order valence-corrected chi connectivity index (χ4v) is 2.21. The minimum atomic E-state index is -0.248. The lowest BCUT2D eigenvalue weighted by molar-refractivity contribution is -0.123. The quantitative estimate of drug-likeness (QED) is 0.748. The number of aryl methyl sites for hydroxylation is 1. The molecule has 0 saturated heterocycles. The minimum absolute atomic E-state index is 0.0520. The Morgan fingerprint density at radius 3 is 2.70 bits per heavy atom. The molecule has 5 heteroatoms. The molecule has 110 valence electrons. The maximum absolute atomic E-state index is 11.6. The smallest absolute Gasteiger partial charge is 0.276 e. The molecule has 20 heavy (non-hydrogen) atoms. The molecular weight excluding hydrogens is 320 g/mol. The van der Waals surface area contributed by atoms with Crippen molar-refractivity contribution in [1.82, 2.24) is 10.9 Å². The van der Waals surface area contributed by atoms with Gasteiger partial charge in [0, 0.05) is 5.70 Å². The molecule has 0 heterocycles. The highest BCUT2D eigenvalue weighted by atomic mass is 79.9. The molecule has 0 aliphatic rings. The molecule has 1 aromatic rings. The summed E-state index contributed by atoms with van der Waals surface area (Å²) in [6, 6.07) is 5.70. The summed E-state index contributed by atoms with van der Waals surface area (Å²) < 4.78 is 6.27. The van der Waals surface area contributed by atoms with Crippen LogP contribution in [-0.2, 0) is 4.79 Å². The number of carbonyl (C=O) groups is 1. The van der Waals surface area contributed by atoms with Gasteiger partial charge in [0.25, 0.3) is 5.91 Å². The molecular formula is C15H21BrN2O2. The minimum Gasteiger partial charge on any atom is -0.483 e. The third-order valence-electron chi connectivity index (χ3n) is 2.48. The number of hydrazine groups is 1. The van der Waals surface area contributed by atoms with Crippen molar-refractivity contribution in [3.05, 3.63) is 40.5 Å². The molecule has 2 N–H and O–H groups in total. The van der Waals surface area contributed by atoms with Gasteiger partial charge in [-0.3, -0.25) is 10.2 Å². The second-order valence-electron chi connectivity index (χ2n) is 5.10. The van der Waals surface area contributed by atoms with E-state index in [1.54, 1.807) is 0 Å². The van der Waals surface area contributed by atoms with E-state index < -0.39 is 0 Å². The summed E-state index contributed by atoms with van der Waals surface area (Å²) >= 11 is 3.40. The first-order valence-electron chi connectivity index (χ1n) is 6.50. The highest BCUT2D eigenvalue weighted by Gasteiger charge is 2.06. The van der Waals surface area contributed by atoms with Crippen molar-refractivity contribution < 1.29 is 9.53 Å². The third kappa shape index (κ3) is 6.10. The van der Waals surface area contributed by atoms with Crippen LogP contribution >= 0.6 is 15.9 Å².